The number of rotatable bonds is 3. The van der Waals surface area contributed by atoms with Crippen LogP contribution in [-0.4, -0.2) is 20.9 Å². The van der Waals surface area contributed by atoms with Crippen molar-refractivity contribution in [3.8, 4) is 0 Å². The maximum absolute atomic E-state index is 13.7. The molecule has 0 radical (unpaired) electrons. The third-order valence-corrected chi connectivity index (χ3v) is 2.70. The summed E-state index contributed by atoms with van der Waals surface area (Å²) in [6.07, 6.45) is -0.580. The molecule has 0 saturated heterocycles. The van der Waals surface area contributed by atoms with Gasteiger partial charge < -0.3 is 0 Å². The van der Waals surface area contributed by atoms with E-state index in [4.69, 9.17) is 0 Å². The van der Waals surface area contributed by atoms with Gasteiger partial charge in [0.15, 0.2) is 5.82 Å². The molecule has 19 heavy (non-hydrogen) atoms. The molecular weight excluding hydrogens is 262 g/mol. The smallest absolute Gasteiger partial charge is 0.265 e. The number of hydrogen-bond donors (Lipinski definition) is 0. The third-order valence-electron chi connectivity index (χ3n) is 2.70. The van der Waals surface area contributed by atoms with Gasteiger partial charge in [0.2, 0.25) is 0 Å². The minimum absolute atomic E-state index is 0.00421. The van der Waals surface area contributed by atoms with Crippen LogP contribution in [0.1, 0.15) is 24.1 Å². The molecule has 0 aromatic carbocycles. The molecule has 0 amide bonds. The molecule has 2 aromatic rings. The Morgan fingerprint density at radius 3 is 2.47 bits per heavy atom. The molecule has 2 rings (SSSR count). The average molecular weight is 273 g/mol. The molecule has 2 heterocycles. The second-order valence-electron chi connectivity index (χ2n) is 4.18. The summed E-state index contributed by atoms with van der Waals surface area (Å²) < 4.78 is 50.9. The van der Waals surface area contributed by atoms with Crippen LogP contribution in [0.2, 0.25) is 0 Å². The van der Waals surface area contributed by atoms with E-state index in [1.165, 1.54) is 12.4 Å². The minimum Gasteiger partial charge on any atom is -0.265 e. The fourth-order valence-corrected chi connectivity index (χ4v) is 1.78. The van der Waals surface area contributed by atoms with Crippen LogP contribution in [-0.2, 0) is 6.54 Å². The summed E-state index contributed by atoms with van der Waals surface area (Å²) in [6, 6.07) is 3.35. The second kappa shape index (κ2) is 4.99. The van der Waals surface area contributed by atoms with Crippen LogP contribution in [0.5, 0.6) is 0 Å². The molecule has 0 bridgehead atoms. The molecule has 0 aliphatic rings. The van der Waals surface area contributed by atoms with E-state index in [-0.39, 0.29) is 5.69 Å². The van der Waals surface area contributed by atoms with E-state index in [2.05, 4.69) is 10.1 Å². The van der Waals surface area contributed by atoms with Crippen LogP contribution >= 0.6 is 0 Å². The zero-order chi connectivity index (χ0) is 14.0. The van der Waals surface area contributed by atoms with Crippen molar-refractivity contribution in [1.29, 1.82) is 0 Å². The lowest BCUT2D eigenvalue weighted by Gasteiger charge is -2.09. The van der Waals surface area contributed by atoms with E-state index in [1.807, 2.05) is 0 Å². The van der Waals surface area contributed by atoms with Gasteiger partial charge in [0.1, 0.15) is 12.2 Å². The van der Waals surface area contributed by atoms with Gasteiger partial charge in [-0.1, -0.05) is 6.92 Å². The zero-order valence-corrected chi connectivity index (χ0v) is 10.0. The maximum Gasteiger partial charge on any atom is 0.408 e. The normalized spacial score (nSPS) is 13.5. The van der Waals surface area contributed by atoms with Crippen molar-refractivity contribution < 1.29 is 17.6 Å². The molecule has 0 saturated carbocycles. The Labute approximate surface area is 106 Å². The Hall–Kier alpha value is -1.92. The number of nitrogens with zero attached hydrogens (tertiary/aromatic N) is 3. The molecule has 0 N–H and O–H groups in total. The predicted molar refractivity (Wildman–Crippen MR) is 60.0 cm³/mol. The van der Waals surface area contributed by atoms with E-state index in [0.717, 1.165) is 11.8 Å². The Kier molecular flexibility index (Phi) is 3.55. The summed E-state index contributed by atoms with van der Waals surface area (Å²) >= 11 is 0. The van der Waals surface area contributed by atoms with E-state index in [1.54, 1.807) is 19.1 Å². The molecule has 102 valence electrons. The van der Waals surface area contributed by atoms with E-state index in [9.17, 15) is 17.6 Å². The highest BCUT2D eigenvalue weighted by molar-refractivity contribution is 5.25. The summed E-state index contributed by atoms with van der Waals surface area (Å²) in [4.78, 5) is 3.83. The molecule has 0 fully saturated rings. The van der Waals surface area contributed by atoms with Gasteiger partial charge in [0.05, 0.1) is 6.20 Å². The van der Waals surface area contributed by atoms with Crippen LogP contribution in [0.15, 0.2) is 30.7 Å². The molecule has 0 aliphatic heterocycles. The Bertz CT molecular complexity index is 548. The van der Waals surface area contributed by atoms with Crippen molar-refractivity contribution in [2.45, 2.75) is 25.6 Å². The van der Waals surface area contributed by atoms with E-state index in [0.29, 0.717) is 4.68 Å². The lowest BCUT2D eigenvalue weighted by molar-refractivity contribution is -0.142. The van der Waals surface area contributed by atoms with Gasteiger partial charge in [-0.2, -0.15) is 18.3 Å². The molecule has 2 aromatic heterocycles. The summed E-state index contributed by atoms with van der Waals surface area (Å²) in [5, 5.41) is 3.67. The lowest BCUT2D eigenvalue weighted by atomic mass is 9.99. The monoisotopic (exact) mass is 273 g/mol. The fourth-order valence-electron chi connectivity index (χ4n) is 1.78. The van der Waals surface area contributed by atoms with E-state index >= 15 is 0 Å². The second-order valence-corrected chi connectivity index (χ2v) is 4.18. The summed E-state index contributed by atoms with van der Waals surface area (Å²) in [6.45, 7) is 0.381. The largest absolute Gasteiger partial charge is 0.408 e. The van der Waals surface area contributed by atoms with Crippen molar-refractivity contribution in [2.24, 2.45) is 0 Å². The highest BCUT2D eigenvalue weighted by Crippen LogP contribution is 2.25. The number of alkyl halides is 3. The van der Waals surface area contributed by atoms with Gasteiger partial charge in [0, 0.05) is 18.3 Å². The lowest BCUT2D eigenvalue weighted by Crippen LogP contribution is -2.18. The average Bonchev–Trinajstić information content (AvgIpc) is 2.68. The van der Waals surface area contributed by atoms with Gasteiger partial charge in [-0.25, -0.2) is 4.39 Å². The molecule has 0 spiro atoms. The van der Waals surface area contributed by atoms with E-state index < -0.39 is 24.5 Å². The van der Waals surface area contributed by atoms with Crippen LogP contribution < -0.4 is 0 Å². The van der Waals surface area contributed by atoms with Crippen molar-refractivity contribution in [1.82, 2.24) is 14.8 Å². The number of hydrogen-bond acceptors (Lipinski definition) is 2. The Balaban J connectivity index is 2.26. The van der Waals surface area contributed by atoms with Crippen LogP contribution in [0.25, 0.3) is 0 Å². The molecule has 0 aliphatic carbocycles. The molecule has 7 heteroatoms. The van der Waals surface area contributed by atoms with Crippen molar-refractivity contribution >= 4 is 0 Å². The molecule has 3 nitrogen and oxygen atoms in total. The fraction of sp³-hybridized carbons (Fsp3) is 0.333. The van der Waals surface area contributed by atoms with Crippen molar-refractivity contribution in [3.63, 3.8) is 0 Å². The minimum atomic E-state index is -4.42. The molecule has 0 unspecified atom stereocenters. The van der Waals surface area contributed by atoms with Crippen LogP contribution in [0.3, 0.4) is 0 Å². The SMILES string of the molecule is C[C@H](c1ccncc1)c1nn(CC(F)(F)F)cc1F. The van der Waals surface area contributed by atoms with Crippen LogP contribution in [0, 0.1) is 5.82 Å². The maximum atomic E-state index is 13.7. The zero-order valence-electron chi connectivity index (χ0n) is 10.0. The van der Waals surface area contributed by atoms with Gasteiger partial charge >= 0.3 is 6.18 Å². The standard InChI is InChI=1S/C12H11F4N3/c1-8(9-2-4-17-5-3-9)11-10(13)6-19(18-11)7-12(14,15)16/h2-6,8H,7H2,1H3/t8-/m1/s1. The number of aromatic nitrogens is 3. The first-order chi connectivity index (χ1) is 8.87. The summed E-state index contributed by atoms with van der Waals surface area (Å²) in [7, 11) is 0. The highest BCUT2D eigenvalue weighted by Gasteiger charge is 2.29. The first kappa shape index (κ1) is 13.5. The predicted octanol–water partition coefficient (Wildman–Crippen LogP) is 3.13. The topological polar surface area (TPSA) is 30.7 Å². The summed E-state index contributed by atoms with van der Waals surface area (Å²) in [5.41, 5.74) is 0.738. The summed E-state index contributed by atoms with van der Waals surface area (Å²) in [5.74, 6) is -1.17. The number of halogens is 4. The highest BCUT2D eigenvalue weighted by atomic mass is 19.4. The van der Waals surface area contributed by atoms with Crippen molar-refractivity contribution in [2.75, 3.05) is 0 Å². The van der Waals surface area contributed by atoms with Crippen molar-refractivity contribution in [3.05, 3.63) is 47.8 Å². The molecule has 1 atom stereocenters. The molecular formula is C12H11F4N3. The number of pyridine rings is 1. The first-order valence-corrected chi connectivity index (χ1v) is 5.56. The first-order valence-electron chi connectivity index (χ1n) is 5.56. The third kappa shape index (κ3) is 3.30. The van der Waals surface area contributed by atoms with Gasteiger partial charge in [-0.15, -0.1) is 0 Å². The van der Waals surface area contributed by atoms with Crippen LogP contribution in [0.4, 0.5) is 17.6 Å². The van der Waals surface area contributed by atoms with Gasteiger partial charge in [-0.05, 0) is 17.7 Å². The Morgan fingerprint density at radius 2 is 1.89 bits per heavy atom. The van der Waals surface area contributed by atoms with Gasteiger partial charge in [-0.3, -0.25) is 9.67 Å². The quantitative estimate of drug-likeness (QED) is 0.804. The van der Waals surface area contributed by atoms with Gasteiger partial charge in [0.25, 0.3) is 0 Å². The Morgan fingerprint density at radius 1 is 1.26 bits per heavy atom.